The van der Waals surface area contributed by atoms with Crippen molar-refractivity contribution in [3.63, 3.8) is 0 Å². The summed E-state index contributed by atoms with van der Waals surface area (Å²) in [5, 5.41) is 3.47. The van der Waals surface area contributed by atoms with Gasteiger partial charge >= 0.3 is 0 Å². The molecule has 1 aromatic rings. The van der Waals surface area contributed by atoms with E-state index in [9.17, 15) is 0 Å². The van der Waals surface area contributed by atoms with E-state index in [0.29, 0.717) is 11.3 Å². The highest BCUT2D eigenvalue weighted by Gasteiger charge is 2.35. The van der Waals surface area contributed by atoms with Crippen LogP contribution in [-0.4, -0.2) is 19.7 Å². The van der Waals surface area contributed by atoms with Crippen LogP contribution in [0.4, 0.5) is 0 Å². The van der Waals surface area contributed by atoms with E-state index in [0.717, 1.165) is 25.4 Å². The minimum atomic E-state index is 0.338. The number of ether oxygens (including phenoxy) is 1. The first kappa shape index (κ1) is 11.5. The van der Waals surface area contributed by atoms with E-state index < -0.39 is 0 Å². The number of rotatable bonds is 3. The van der Waals surface area contributed by atoms with Crippen LogP contribution in [-0.2, 0) is 0 Å². The van der Waals surface area contributed by atoms with Crippen molar-refractivity contribution >= 4 is 0 Å². The Balaban J connectivity index is 2.23. The quantitative estimate of drug-likeness (QED) is 0.844. The minimum absolute atomic E-state index is 0.338. The Morgan fingerprint density at radius 2 is 2.25 bits per heavy atom. The largest absolute Gasteiger partial charge is 0.494 e. The highest BCUT2D eigenvalue weighted by Crippen LogP contribution is 2.39. The smallest absolute Gasteiger partial charge is 0.119 e. The fraction of sp³-hybridized carbons (Fsp3) is 0.571. The molecule has 0 unspecified atom stereocenters. The Kier molecular flexibility index (Phi) is 3.20. The molecule has 1 N–H and O–H groups in total. The van der Waals surface area contributed by atoms with E-state index in [4.69, 9.17) is 4.74 Å². The molecular formula is C14H21NO. The van der Waals surface area contributed by atoms with Gasteiger partial charge in [0.2, 0.25) is 0 Å². The molecular weight excluding hydrogens is 198 g/mol. The maximum Gasteiger partial charge on any atom is 0.119 e. The van der Waals surface area contributed by atoms with Crippen molar-refractivity contribution < 1.29 is 4.74 Å². The molecule has 1 aliphatic rings. The summed E-state index contributed by atoms with van der Waals surface area (Å²) in [5.74, 6) is 1.58. The summed E-state index contributed by atoms with van der Waals surface area (Å²) in [7, 11) is 0. The van der Waals surface area contributed by atoms with Gasteiger partial charge in [-0.3, -0.25) is 0 Å². The van der Waals surface area contributed by atoms with Gasteiger partial charge in [0.25, 0.3) is 0 Å². The molecule has 1 atom stereocenters. The molecule has 1 saturated heterocycles. The first-order chi connectivity index (χ1) is 7.63. The van der Waals surface area contributed by atoms with Crippen LogP contribution >= 0.6 is 0 Å². The third kappa shape index (κ3) is 2.22. The van der Waals surface area contributed by atoms with Crippen LogP contribution in [0, 0.1) is 5.41 Å². The summed E-state index contributed by atoms with van der Waals surface area (Å²) < 4.78 is 5.55. The molecule has 0 aromatic heterocycles. The normalized spacial score (nSPS) is 23.3. The zero-order chi connectivity index (χ0) is 11.6. The molecule has 1 fully saturated rings. The van der Waals surface area contributed by atoms with Crippen LogP contribution in [0.25, 0.3) is 0 Å². The second kappa shape index (κ2) is 4.46. The van der Waals surface area contributed by atoms with Crippen molar-refractivity contribution in [3.05, 3.63) is 29.8 Å². The predicted molar refractivity (Wildman–Crippen MR) is 67.0 cm³/mol. The fourth-order valence-electron chi connectivity index (χ4n) is 2.49. The first-order valence-corrected chi connectivity index (χ1v) is 6.07. The minimum Gasteiger partial charge on any atom is -0.494 e. The number of hydrogen-bond donors (Lipinski definition) is 1. The monoisotopic (exact) mass is 219 g/mol. The van der Waals surface area contributed by atoms with Crippen molar-refractivity contribution in [3.8, 4) is 5.75 Å². The topological polar surface area (TPSA) is 21.3 Å². The Morgan fingerprint density at radius 3 is 2.88 bits per heavy atom. The molecule has 0 spiro atoms. The lowest BCUT2D eigenvalue weighted by atomic mass is 9.78. The first-order valence-electron chi connectivity index (χ1n) is 6.07. The Hall–Kier alpha value is -1.02. The van der Waals surface area contributed by atoms with E-state index in [2.05, 4.69) is 37.4 Å². The molecule has 0 amide bonds. The SMILES string of the molecule is CCOc1cccc([C@@H]2CNCC2(C)C)c1. The summed E-state index contributed by atoms with van der Waals surface area (Å²) in [4.78, 5) is 0. The van der Waals surface area contributed by atoms with Crippen molar-refractivity contribution in [1.29, 1.82) is 0 Å². The van der Waals surface area contributed by atoms with Gasteiger partial charge < -0.3 is 10.1 Å². The standard InChI is InChI=1S/C14H21NO/c1-4-16-12-7-5-6-11(8-12)13-9-15-10-14(13,2)3/h5-8,13,15H,4,9-10H2,1-3H3/t13-/m0/s1. The molecule has 2 heteroatoms. The van der Waals surface area contributed by atoms with Crippen LogP contribution in [0.2, 0.25) is 0 Å². The Labute approximate surface area is 98.0 Å². The van der Waals surface area contributed by atoms with Crippen molar-refractivity contribution in [1.82, 2.24) is 5.32 Å². The van der Waals surface area contributed by atoms with Gasteiger partial charge in [0, 0.05) is 19.0 Å². The van der Waals surface area contributed by atoms with Crippen molar-refractivity contribution in [2.75, 3.05) is 19.7 Å². The van der Waals surface area contributed by atoms with Gasteiger partial charge in [-0.25, -0.2) is 0 Å². The molecule has 0 radical (unpaired) electrons. The molecule has 1 heterocycles. The van der Waals surface area contributed by atoms with Crippen molar-refractivity contribution in [2.45, 2.75) is 26.7 Å². The fourth-order valence-corrected chi connectivity index (χ4v) is 2.49. The number of hydrogen-bond acceptors (Lipinski definition) is 2. The van der Waals surface area contributed by atoms with Gasteiger partial charge in [-0.15, -0.1) is 0 Å². The molecule has 1 aliphatic heterocycles. The van der Waals surface area contributed by atoms with Gasteiger partial charge in [0.15, 0.2) is 0 Å². The van der Waals surface area contributed by atoms with Gasteiger partial charge in [0.05, 0.1) is 6.61 Å². The van der Waals surface area contributed by atoms with Gasteiger partial charge in [0.1, 0.15) is 5.75 Å². The Bertz CT molecular complexity index is 360. The lowest BCUT2D eigenvalue weighted by Gasteiger charge is -2.26. The lowest BCUT2D eigenvalue weighted by molar-refractivity contribution is 0.336. The number of nitrogens with one attached hydrogen (secondary N) is 1. The van der Waals surface area contributed by atoms with E-state index >= 15 is 0 Å². The zero-order valence-electron chi connectivity index (χ0n) is 10.4. The summed E-state index contributed by atoms with van der Waals surface area (Å²) in [6.07, 6.45) is 0. The van der Waals surface area contributed by atoms with E-state index in [1.54, 1.807) is 0 Å². The van der Waals surface area contributed by atoms with Crippen LogP contribution in [0.5, 0.6) is 5.75 Å². The van der Waals surface area contributed by atoms with Gasteiger partial charge in [-0.05, 0) is 30.0 Å². The molecule has 16 heavy (non-hydrogen) atoms. The van der Waals surface area contributed by atoms with Crippen molar-refractivity contribution in [2.24, 2.45) is 5.41 Å². The molecule has 0 aliphatic carbocycles. The maximum atomic E-state index is 5.55. The van der Waals surface area contributed by atoms with Crippen LogP contribution in [0.15, 0.2) is 24.3 Å². The van der Waals surface area contributed by atoms with Crippen LogP contribution in [0.1, 0.15) is 32.3 Å². The van der Waals surface area contributed by atoms with E-state index in [-0.39, 0.29) is 0 Å². The predicted octanol–water partition coefficient (Wildman–Crippen LogP) is 2.80. The second-order valence-electron chi connectivity index (χ2n) is 5.18. The molecule has 2 rings (SSSR count). The van der Waals surface area contributed by atoms with Gasteiger partial charge in [-0.2, -0.15) is 0 Å². The second-order valence-corrected chi connectivity index (χ2v) is 5.18. The molecule has 0 bridgehead atoms. The average Bonchev–Trinajstić information content (AvgIpc) is 2.59. The van der Waals surface area contributed by atoms with E-state index in [1.807, 2.05) is 13.0 Å². The summed E-state index contributed by atoms with van der Waals surface area (Å²) in [6.45, 7) is 9.57. The van der Waals surface area contributed by atoms with E-state index in [1.165, 1.54) is 5.56 Å². The molecule has 2 nitrogen and oxygen atoms in total. The third-order valence-corrected chi connectivity index (χ3v) is 3.44. The number of benzene rings is 1. The summed E-state index contributed by atoms with van der Waals surface area (Å²) in [5.41, 5.74) is 1.73. The highest BCUT2D eigenvalue weighted by atomic mass is 16.5. The summed E-state index contributed by atoms with van der Waals surface area (Å²) in [6, 6.07) is 8.52. The lowest BCUT2D eigenvalue weighted by Crippen LogP contribution is -2.20. The Morgan fingerprint density at radius 1 is 1.44 bits per heavy atom. The highest BCUT2D eigenvalue weighted by molar-refractivity contribution is 5.33. The molecule has 88 valence electrons. The maximum absolute atomic E-state index is 5.55. The van der Waals surface area contributed by atoms with Crippen LogP contribution in [0.3, 0.4) is 0 Å². The van der Waals surface area contributed by atoms with Gasteiger partial charge in [-0.1, -0.05) is 26.0 Å². The zero-order valence-corrected chi connectivity index (χ0v) is 10.4. The average molecular weight is 219 g/mol. The third-order valence-electron chi connectivity index (χ3n) is 3.44. The summed E-state index contributed by atoms with van der Waals surface area (Å²) >= 11 is 0. The molecule has 1 aromatic carbocycles. The molecule has 0 saturated carbocycles. The van der Waals surface area contributed by atoms with Crippen LogP contribution < -0.4 is 10.1 Å².